The number of hydrogen-bond acceptors (Lipinski definition) is 3. The van der Waals surface area contributed by atoms with Crippen LogP contribution in [-0.4, -0.2) is 19.7 Å². The van der Waals surface area contributed by atoms with Crippen molar-refractivity contribution in [2.24, 2.45) is 0 Å². The van der Waals surface area contributed by atoms with Crippen molar-refractivity contribution in [3.63, 3.8) is 0 Å². The molecule has 3 heteroatoms. The van der Waals surface area contributed by atoms with E-state index in [1.807, 2.05) is 26.0 Å². The molecule has 0 fully saturated rings. The van der Waals surface area contributed by atoms with E-state index in [1.54, 1.807) is 20.1 Å². The monoisotopic (exact) mass is 234 g/mol. The molecule has 0 N–H and O–H groups in total. The molecule has 92 valence electrons. The largest absolute Gasteiger partial charge is 0.496 e. The van der Waals surface area contributed by atoms with Crippen molar-refractivity contribution < 1.29 is 14.3 Å². The molecule has 1 aromatic rings. The van der Waals surface area contributed by atoms with Crippen LogP contribution in [0.2, 0.25) is 0 Å². The second-order valence-corrected chi connectivity index (χ2v) is 3.76. The minimum atomic E-state index is -0.319. The van der Waals surface area contributed by atoms with E-state index in [0.29, 0.717) is 6.61 Å². The van der Waals surface area contributed by atoms with Gasteiger partial charge in [-0.2, -0.15) is 0 Å². The van der Waals surface area contributed by atoms with Gasteiger partial charge >= 0.3 is 5.97 Å². The lowest BCUT2D eigenvalue weighted by molar-refractivity contribution is -0.137. The fourth-order valence-corrected chi connectivity index (χ4v) is 1.56. The SMILES string of the molecule is CCOC(=O)C=Cc1cc(C)c(OC)cc1C. The molecule has 0 unspecified atom stereocenters. The minimum absolute atomic E-state index is 0.319. The van der Waals surface area contributed by atoms with Gasteiger partial charge < -0.3 is 9.47 Å². The lowest BCUT2D eigenvalue weighted by atomic mass is 10.0. The molecule has 0 saturated carbocycles. The first-order chi connectivity index (χ1) is 8.08. The van der Waals surface area contributed by atoms with Gasteiger partial charge in [0.1, 0.15) is 5.75 Å². The third-order valence-electron chi connectivity index (χ3n) is 2.47. The molecule has 1 rings (SSSR count). The maximum absolute atomic E-state index is 11.2. The number of hydrogen-bond donors (Lipinski definition) is 0. The Labute approximate surface area is 102 Å². The molecule has 0 aromatic heterocycles. The molecule has 0 bridgehead atoms. The molecule has 0 aliphatic carbocycles. The van der Waals surface area contributed by atoms with Gasteiger partial charge in [0.15, 0.2) is 0 Å². The van der Waals surface area contributed by atoms with E-state index < -0.39 is 0 Å². The van der Waals surface area contributed by atoms with Gasteiger partial charge in [-0.15, -0.1) is 0 Å². The summed E-state index contributed by atoms with van der Waals surface area (Å²) in [5.41, 5.74) is 3.10. The van der Waals surface area contributed by atoms with E-state index in [1.165, 1.54) is 6.08 Å². The summed E-state index contributed by atoms with van der Waals surface area (Å²) in [6.45, 7) is 6.13. The summed E-state index contributed by atoms with van der Waals surface area (Å²) in [7, 11) is 1.65. The highest BCUT2D eigenvalue weighted by atomic mass is 16.5. The lowest BCUT2D eigenvalue weighted by Gasteiger charge is -2.08. The number of esters is 1. The van der Waals surface area contributed by atoms with Crippen LogP contribution in [0.3, 0.4) is 0 Å². The maximum Gasteiger partial charge on any atom is 0.330 e. The van der Waals surface area contributed by atoms with Crippen molar-refractivity contribution in [1.82, 2.24) is 0 Å². The third kappa shape index (κ3) is 3.63. The standard InChI is InChI=1S/C14H18O3/c1-5-17-14(15)7-6-12-8-11(3)13(16-4)9-10(12)2/h6-9H,5H2,1-4H3. The predicted molar refractivity (Wildman–Crippen MR) is 68.1 cm³/mol. The Kier molecular flexibility index (Phi) is 4.76. The van der Waals surface area contributed by atoms with E-state index in [-0.39, 0.29) is 5.97 Å². The Morgan fingerprint density at radius 3 is 2.59 bits per heavy atom. The maximum atomic E-state index is 11.2. The number of methoxy groups -OCH3 is 1. The quantitative estimate of drug-likeness (QED) is 0.593. The number of carbonyl (C=O) groups is 1. The van der Waals surface area contributed by atoms with Gasteiger partial charge in [0.05, 0.1) is 13.7 Å². The molecule has 1 aromatic carbocycles. The van der Waals surface area contributed by atoms with E-state index in [9.17, 15) is 4.79 Å². The van der Waals surface area contributed by atoms with Crippen LogP contribution in [0, 0.1) is 13.8 Å². The Bertz CT molecular complexity index is 433. The summed E-state index contributed by atoms with van der Waals surface area (Å²) < 4.78 is 10.1. The Hall–Kier alpha value is -1.77. The van der Waals surface area contributed by atoms with Gasteiger partial charge in [0, 0.05) is 6.08 Å². The zero-order chi connectivity index (χ0) is 12.8. The van der Waals surface area contributed by atoms with E-state index in [0.717, 1.165) is 22.4 Å². The molecule has 3 nitrogen and oxygen atoms in total. The van der Waals surface area contributed by atoms with Gasteiger partial charge in [-0.25, -0.2) is 4.79 Å². The smallest absolute Gasteiger partial charge is 0.330 e. The number of carbonyl (C=O) groups excluding carboxylic acids is 1. The van der Waals surface area contributed by atoms with Crippen molar-refractivity contribution in [2.75, 3.05) is 13.7 Å². The Balaban J connectivity index is 2.92. The van der Waals surface area contributed by atoms with Crippen molar-refractivity contribution in [2.45, 2.75) is 20.8 Å². The van der Waals surface area contributed by atoms with Crippen LogP contribution < -0.4 is 4.74 Å². The van der Waals surface area contributed by atoms with Gasteiger partial charge in [-0.1, -0.05) is 0 Å². The van der Waals surface area contributed by atoms with E-state index >= 15 is 0 Å². The van der Waals surface area contributed by atoms with Gasteiger partial charge in [0.2, 0.25) is 0 Å². The summed E-state index contributed by atoms with van der Waals surface area (Å²) in [5.74, 6) is 0.538. The second-order valence-electron chi connectivity index (χ2n) is 3.76. The zero-order valence-corrected chi connectivity index (χ0v) is 10.7. The number of benzene rings is 1. The Morgan fingerprint density at radius 2 is 2.00 bits per heavy atom. The molecule has 0 atom stereocenters. The second kappa shape index (κ2) is 6.09. The number of rotatable bonds is 4. The molecule has 17 heavy (non-hydrogen) atoms. The molecule has 0 aliphatic rings. The fourth-order valence-electron chi connectivity index (χ4n) is 1.56. The normalized spacial score (nSPS) is 10.6. The van der Waals surface area contributed by atoms with Crippen molar-refractivity contribution in [3.8, 4) is 5.75 Å². The molecule has 0 amide bonds. The third-order valence-corrected chi connectivity index (χ3v) is 2.47. The van der Waals surface area contributed by atoms with E-state index in [4.69, 9.17) is 9.47 Å². The average molecular weight is 234 g/mol. The van der Waals surface area contributed by atoms with Gasteiger partial charge in [0.25, 0.3) is 0 Å². The summed E-state index contributed by atoms with van der Waals surface area (Å²) in [5, 5.41) is 0. The summed E-state index contributed by atoms with van der Waals surface area (Å²) >= 11 is 0. The van der Waals surface area contributed by atoms with Crippen LogP contribution in [0.4, 0.5) is 0 Å². The molecular formula is C14H18O3. The van der Waals surface area contributed by atoms with Gasteiger partial charge in [-0.3, -0.25) is 0 Å². The van der Waals surface area contributed by atoms with Crippen LogP contribution in [0.15, 0.2) is 18.2 Å². The zero-order valence-electron chi connectivity index (χ0n) is 10.7. The van der Waals surface area contributed by atoms with Crippen LogP contribution in [0.25, 0.3) is 6.08 Å². The van der Waals surface area contributed by atoms with Crippen molar-refractivity contribution in [1.29, 1.82) is 0 Å². The molecule has 0 spiro atoms. The van der Waals surface area contributed by atoms with Crippen LogP contribution in [-0.2, 0) is 9.53 Å². The highest BCUT2D eigenvalue weighted by Crippen LogP contribution is 2.23. The highest BCUT2D eigenvalue weighted by molar-refractivity contribution is 5.87. The van der Waals surface area contributed by atoms with Crippen LogP contribution in [0.1, 0.15) is 23.6 Å². The number of aryl methyl sites for hydroxylation is 2. The summed E-state index contributed by atoms with van der Waals surface area (Å²) in [6.07, 6.45) is 3.21. The lowest BCUT2D eigenvalue weighted by Crippen LogP contribution is -1.99. The Morgan fingerprint density at radius 1 is 1.29 bits per heavy atom. The molecule has 0 saturated heterocycles. The average Bonchev–Trinajstić information content (AvgIpc) is 2.30. The van der Waals surface area contributed by atoms with Crippen molar-refractivity contribution in [3.05, 3.63) is 34.9 Å². The topological polar surface area (TPSA) is 35.5 Å². The first-order valence-electron chi connectivity index (χ1n) is 5.58. The highest BCUT2D eigenvalue weighted by Gasteiger charge is 2.03. The minimum Gasteiger partial charge on any atom is -0.496 e. The molecular weight excluding hydrogens is 216 g/mol. The van der Waals surface area contributed by atoms with Crippen LogP contribution >= 0.6 is 0 Å². The molecule has 0 heterocycles. The van der Waals surface area contributed by atoms with Crippen molar-refractivity contribution >= 4 is 12.0 Å². The van der Waals surface area contributed by atoms with Gasteiger partial charge in [-0.05, 0) is 55.7 Å². The first kappa shape index (κ1) is 13.3. The summed E-state index contributed by atoms with van der Waals surface area (Å²) in [4.78, 5) is 11.2. The molecule has 0 radical (unpaired) electrons. The predicted octanol–water partition coefficient (Wildman–Crippen LogP) is 2.89. The summed E-state index contributed by atoms with van der Waals surface area (Å²) in [6, 6.07) is 3.95. The first-order valence-corrected chi connectivity index (χ1v) is 5.58. The van der Waals surface area contributed by atoms with Crippen LogP contribution in [0.5, 0.6) is 5.75 Å². The fraction of sp³-hybridized carbons (Fsp3) is 0.357. The number of ether oxygens (including phenoxy) is 2. The molecule has 0 aliphatic heterocycles. The van der Waals surface area contributed by atoms with E-state index in [2.05, 4.69) is 0 Å².